The van der Waals surface area contributed by atoms with E-state index >= 15 is 0 Å². The van der Waals surface area contributed by atoms with Crippen LogP contribution in [0.5, 0.6) is 0 Å². The van der Waals surface area contributed by atoms with Crippen molar-refractivity contribution in [2.75, 3.05) is 6.54 Å². The molecule has 1 aromatic carbocycles. The smallest absolute Gasteiger partial charge is 0.160 e. The summed E-state index contributed by atoms with van der Waals surface area (Å²) in [6.45, 7) is 4.82. The second kappa shape index (κ2) is 8.13. The molecule has 0 N–H and O–H groups in total. The van der Waals surface area contributed by atoms with Crippen LogP contribution in [0.1, 0.15) is 22.4 Å². The van der Waals surface area contributed by atoms with Crippen LogP contribution in [0.3, 0.4) is 0 Å². The van der Waals surface area contributed by atoms with E-state index in [1.807, 2.05) is 30.7 Å². The molecule has 0 spiro atoms. The first kappa shape index (κ1) is 18.6. The second-order valence-corrected chi connectivity index (χ2v) is 7.79. The number of aryl methyl sites for hydroxylation is 1. The van der Waals surface area contributed by atoms with Crippen molar-refractivity contribution >= 4 is 0 Å². The lowest BCUT2D eigenvalue weighted by molar-refractivity contribution is 0.242. The number of fused-ring (bicyclic) bond motifs is 1. The van der Waals surface area contributed by atoms with Gasteiger partial charge in [0.1, 0.15) is 0 Å². The number of rotatable bonds is 4. The first-order valence-corrected chi connectivity index (χ1v) is 10.2. The Morgan fingerprint density at radius 3 is 2.57 bits per heavy atom. The van der Waals surface area contributed by atoms with Crippen LogP contribution in [0.15, 0.2) is 73.3 Å². The largest absolute Gasteiger partial charge is 0.294 e. The van der Waals surface area contributed by atoms with E-state index < -0.39 is 0 Å². The lowest BCUT2D eigenvalue weighted by Gasteiger charge is -2.28. The molecule has 0 saturated carbocycles. The van der Waals surface area contributed by atoms with Gasteiger partial charge in [0.25, 0.3) is 0 Å². The summed E-state index contributed by atoms with van der Waals surface area (Å²) in [7, 11) is 0. The summed E-state index contributed by atoms with van der Waals surface area (Å²) < 4.78 is 0. The Morgan fingerprint density at radius 1 is 0.900 bits per heavy atom. The van der Waals surface area contributed by atoms with Gasteiger partial charge in [-0.1, -0.05) is 35.9 Å². The molecule has 4 heterocycles. The minimum absolute atomic E-state index is 0.756. The predicted molar refractivity (Wildman–Crippen MR) is 117 cm³/mol. The van der Waals surface area contributed by atoms with Crippen LogP contribution in [0.25, 0.3) is 22.6 Å². The van der Waals surface area contributed by atoms with Crippen LogP contribution in [-0.2, 0) is 19.5 Å². The van der Waals surface area contributed by atoms with Crippen molar-refractivity contribution in [3.63, 3.8) is 0 Å². The van der Waals surface area contributed by atoms with Crippen molar-refractivity contribution in [3.05, 3.63) is 95.7 Å². The minimum atomic E-state index is 0.756. The zero-order valence-corrected chi connectivity index (χ0v) is 17.0. The van der Waals surface area contributed by atoms with Crippen molar-refractivity contribution in [1.82, 2.24) is 24.8 Å². The zero-order chi connectivity index (χ0) is 20.3. The van der Waals surface area contributed by atoms with Gasteiger partial charge in [-0.25, -0.2) is 9.97 Å². The van der Waals surface area contributed by atoms with Gasteiger partial charge in [0, 0.05) is 67.5 Å². The first-order valence-electron chi connectivity index (χ1n) is 10.2. The monoisotopic (exact) mass is 393 g/mol. The van der Waals surface area contributed by atoms with Crippen LogP contribution in [-0.4, -0.2) is 31.4 Å². The summed E-state index contributed by atoms with van der Waals surface area (Å²) in [5, 5.41) is 0. The number of aromatic nitrogens is 4. The summed E-state index contributed by atoms with van der Waals surface area (Å²) in [6.07, 6.45) is 8.47. The Balaban J connectivity index is 1.27. The SMILES string of the molecule is Cc1ccc(-c2ccc(CN3CCc4nc(-c5cccnc5)ncc4C3)cn2)cc1. The van der Waals surface area contributed by atoms with Gasteiger partial charge in [-0.2, -0.15) is 0 Å². The van der Waals surface area contributed by atoms with Crippen molar-refractivity contribution in [2.45, 2.75) is 26.4 Å². The van der Waals surface area contributed by atoms with E-state index in [9.17, 15) is 0 Å². The molecule has 5 nitrogen and oxygen atoms in total. The molecule has 3 aromatic heterocycles. The topological polar surface area (TPSA) is 54.8 Å². The lowest BCUT2D eigenvalue weighted by Crippen LogP contribution is -2.31. The molecule has 1 aliphatic rings. The maximum atomic E-state index is 4.79. The van der Waals surface area contributed by atoms with Gasteiger partial charge in [-0.15, -0.1) is 0 Å². The molecule has 4 aromatic rings. The Kier molecular flexibility index (Phi) is 5.03. The van der Waals surface area contributed by atoms with E-state index in [1.165, 1.54) is 16.7 Å². The van der Waals surface area contributed by atoms with Crippen molar-refractivity contribution in [2.24, 2.45) is 0 Å². The van der Waals surface area contributed by atoms with E-state index in [-0.39, 0.29) is 0 Å². The Labute approximate surface area is 176 Å². The average Bonchev–Trinajstić information content (AvgIpc) is 2.80. The molecule has 0 aliphatic carbocycles. The highest BCUT2D eigenvalue weighted by Gasteiger charge is 2.19. The third kappa shape index (κ3) is 3.98. The van der Waals surface area contributed by atoms with Crippen LogP contribution >= 0.6 is 0 Å². The van der Waals surface area contributed by atoms with Crippen molar-refractivity contribution in [1.29, 1.82) is 0 Å². The molecule has 148 valence electrons. The second-order valence-electron chi connectivity index (χ2n) is 7.79. The summed E-state index contributed by atoms with van der Waals surface area (Å²) in [5.41, 5.74) is 7.97. The predicted octanol–water partition coefficient (Wildman–Crippen LogP) is 4.47. The van der Waals surface area contributed by atoms with Crippen LogP contribution in [0.4, 0.5) is 0 Å². The molecule has 30 heavy (non-hydrogen) atoms. The molecular weight excluding hydrogens is 370 g/mol. The number of nitrogens with zero attached hydrogens (tertiary/aromatic N) is 5. The van der Waals surface area contributed by atoms with Gasteiger partial charge < -0.3 is 0 Å². The zero-order valence-electron chi connectivity index (χ0n) is 17.0. The van der Waals surface area contributed by atoms with E-state index in [2.05, 4.69) is 63.2 Å². The maximum Gasteiger partial charge on any atom is 0.160 e. The molecule has 1 aliphatic heterocycles. The van der Waals surface area contributed by atoms with Gasteiger partial charge in [0.2, 0.25) is 0 Å². The molecule has 5 rings (SSSR count). The van der Waals surface area contributed by atoms with Crippen LogP contribution < -0.4 is 0 Å². The maximum absolute atomic E-state index is 4.79. The number of pyridine rings is 2. The normalized spacial score (nSPS) is 13.8. The van der Waals surface area contributed by atoms with E-state index in [0.717, 1.165) is 54.4 Å². The molecule has 0 fully saturated rings. The van der Waals surface area contributed by atoms with Gasteiger partial charge in [0.15, 0.2) is 5.82 Å². The van der Waals surface area contributed by atoms with Gasteiger partial charge >= 0.3 is 0 Å². The summed E-state index contributed by atoms with van der Waals surface area (Å²) in [5.74, 6) is 0.756. The van der Waals surface area contributed by atoms with Gasteiger partial charge in [-0.05, 0) is 30.7 Å². The fraction of sp³-hybridized carbons (Fsp3) is 0.200. The van der Waals surface area contributed by atoms with Crippen LogP contribution in [0.2, 0.25) is 0 Å². The molecule has 0 unspecified atom stereocenters. The summed E-state index contributed by atoms with van der Waals surface area (Å²) in [4.78, 5) is 20.6. The average molecular weight is 393 g/mol. The molecule has 0 atom stereocenters. The Morgan fingerprint density at radius 2 is 1.80 bits per heavy atom. The first-order chi connectivity index (χ1) is 14.7. The molecule has 0 saturated heterocycles. The minimum Gasteiger partial charge on any atom is -0.294 e. The molecule has 0 bridgehead atoms. The molecule has 0 amide bonds. The van der Waals surface area contributed by atoms with E-state index in [0.29, 0.717) is 0 Å². The lowest BCUT2D eigenvalue weighted by atomic mass is 10.1. The standard InChI is InChI=1S/C25H23N5/c1-18-4-7-20(8-5-18)23-9-6-19(13-27-23)16-30-12-10-24-22(17-30)15-28-25(29-24)21-3-2-11-26-14-21/h2-9,11,13-15H,10,12,16-17H2,1H3. The molecule has 0 radical (unpaired) electrons. The van der Waals surface area contributed by atoms with Gasteiger partial charge in [-0.3, -0.25) is 14.9 Å². The van der Waals surface area contributed by atoms with Crippen LogP contribution in [0, 0.1) is 6.92 Å². The highest BCUT2D eigenvalue weighted by Crippen LogP contribution is 2.23. The van der Waals surface area contributed by atoms with E-state index in [4.69, 9.17) is 4.98 Å². The van der Waals surface area contributed by atoms with Gasteiger partial charge in [0.05, 0.1) is 11.4 Å². The van der Waals surface area contributed by atoms with Crippen molar-refractivity contribution in [3.8, 4) is 22.6 Å². The fourth-order valence-electron chi connectivity index (χ4n) is 3.81. The summed E-state index contributed by atoms with van der Waals surface area (Å²) in [6, 6.07) is 16.7. The van der Waals surface area contributed by atoms with E-state index in [1.54, 1.807) is 6.20 Å². The third-order valence-electron chi connectivity index (χ3n) is 5.51. The number of benzene rings is 1. The quantitative estimate of drug-likeness (QED) is 0.512. The third-order valence-corrected chi connectivity index (χ3v) is 5.51. The van der Waals surface area contributed by atoms with Crippen molar-refractivity contribution < 1.29 is 0 Å². The molecule has 5 heteroatoms. The highest BCUT2D eigenvalue weighted by molar-refractivity contribution is 5.59. The number of hydrogen-bond donors (Lipinski definition) is 0. The fourth-order valence-corrected chi connectivity index (χ4v) is 3.81. The Bertz CT molecular complexity index is 1140. The number of hydrogen-bond acceptors (Lipinski definition) is 5. The highest BCUT2D eigenvalue weighted by atomic mass is 15.1. The molecular formula is C25H23N5. The summed E-state index contributed by atoms with van der Waals surface area (Å²) >= 11 is 0. The Hall–Kier alpha value is -3.44.